The Hall–Kier alpha value is -0.770. The molecule has 4 heteroatoms. The summed E-state index contributed by atoms with van der Waals surface area (Å²) >= 11 is 0. The van der Waals surface area contributed by atoms with Crippen LogP contribution in [0.1, 0.15) is 59.3 Å². The zero-order chi connectivity index (χ0) is 14.8. The van der Waals surface area contributed by atoms with Gasteiger partial charge in [0.25, 0.3) is 0 Å². The van der Waals surface area contributed by atoms with Crippen LogP contribution in [0.15, 0.2) is 0 Å². The van der Waals surface area contributed by atoms with Crippen molar-refractivity contribution in [2.24, 2.45) is 0 Å². The molecule has 0 atom stereocenters. The fourth-order valence-electron chi connectivity index (χ4n) is 3.40. The van der Waals surface area contributed by atoms with Crippen molar-refractivity contribution in [3.63, 3.8) is 0 Å². The topological polar surface area (TPSA) is 32.8 Å². The van der Waals surface area contributed by atoms with Crippen LogP contribution in [0.3, 0.4) is 0 Å². The number of carbonyl (C=O) groups is 1. The molecular formula is C16H30N2O2. The van der Waals surface area contributed by atoms with Gasteiger partial charge in [0.2, 0.25) is 0 Å². The SMILES string of the molecule is CN(C(=O)OC(C)(C)C)C1CCC(N2CCCC2)CC1. The number of hydrogen-bond acceptors (Lipinski definition) is 3. The van der Waals surface area contributed by atoms with Gasteiger partial charge in [-0.2, -0.15) is 0 Å². The quantitative estimate of drug-likeness (QED) is 0.779. The average molecular weight is 282 g/mol. The molecule has 1 amide bonds. The highest BCUT2D eigenvalue weighted by Gasteiger charge is 2.31. The molecule has 2 rings (SSSR count). The fraction of sp³-hybridized carbons (Fsp3) is 0.938. The predicted molar refractivity (Wildman–Crippen MR) is 80.8 cm³/mol. The van der Waals surface area contributed by atoms with Crippen molar-refractivity contribution in [2.45, 2.75) is 77.0 Å². The maximum atomic E-state index is 12.1. The molecule has 0 bridgehead atoms. The number of likely N-dealkylation sites (tertiary alicyclic amines) is 1. The summed E-state index contributed by atoms with van der Waals surface area (Å²) in [5.41, 5.74) is -0.405. The molecular weight excluding hydrogens is 252 g/mol. The van der Waals surface area contributed by atoms with Gasteiger partial charge < -0.3 is 14.5 Å². The number of amides is 1. The van der Waals surface area contributed by atoms with Gasteiger partial charge in [-0.25, -0.2) is 4.79 Å². The van der Waals surface area contributed by atoms with Crippen LogP contribution in [0.5, 0.6) is 0 Å². The Balaban J connectivity index is 1.79. The van der Waals surface area contributed by atoms with Gasteiger partial charge in [-0.1, -0.05) is 0 Å². The molecule has 1 saturated heterocycles. The second-order valence-corrected chi connectivity index (χ2v) is 7.30. The maximum Gasteiger partial charge on any atom is 0.410 e. The van der Waals surface area contributed by atoms with Gasteiger partial charge in [0.1, 0.15) is 5.60 Å². The minimum Gasteiger partial charge on any atom is -0.444 e. The fourth-order valence-corrected chi connectivity index (χ4v) is 3.40. The van der Waals surface area contributed by atoms with Crippen LogP contribution >= 0.6 is 0 Å². The summed E-state index contributed by atoms with van der Waals surface area (Å²) in [6, 6.07) is 1.10. The Bertz CT molecular complexity index is 324. The van der Waals surface area contributed by atoms with Crippen molar-refractivity contribution in [3.05, 3.63) is 0 Å². The van der Waals surface area contributed by atoms with E-state index in [4.69, 9.17) is 4.74 Å². The van der Waals surface area contributed by atoms with Crippen LogP contribution < -0.4 is 0 Å². The summed E-state index contributed by atoms with van der Waals surface area (Å²) in [5, 5.41) is 0. The lowest BCUT2D eigenvalue weighted by atomic mass is 9.89. The van der Waals surface area contributed by atoms with E-state index in [9.17, 15) is 4.79 Å². The maximum absolute atomic E-state index is 12.1. The van der Waals surface area contributed by atoms with E-state index < -0.39 is 5.60 Å². The van der Waals surface area contributed by atoms with E-state index in [2.05, 4.69) is 4.90 Å². The molecule has 0 unspecified atom stereocenters. The van der Waals surface area contributed by atoms with Gasteiger partial charge in [0.05, 0.1) is 0 Å². The standard InChI is InChI=1S/C16H30N2O2/c1-16(2,3)20-15(19)17(4)13-7-9-14(10-8-13)18-11-5-6-12-18/h13-14H,5-12H2,1-4H3. The predicted octanol–water partition coefficient (Wildman–Crippen LogP) is 3.26. The van der Waals surface area contributed by atoms with Crippen LogP contribution in [-0.4, -0.2) is 53.7 Å². The van der Waals surface area contributed by atoms with E-state index >= 15 is 0 Å². The summed E-state index contributed by atoms with van der Waals surface area (Å²) in [7, 11) is 1.88. The summed E-state index contributed by atoms with van der Waals surface area (Å²) in [4.78, 5) is 16.5. The molecule has 1 aliphatic carbocycles. The lowest BCUT2D eigenvalue weighted by Gasteiger charge is -2.38. The molecule has 0 aromatic rings. The smallest absolute Gasteiger partial charge is 0.410 e. The Kier molecular flexibility index (Phi) is 4.95. The van der Waals surface area contributed by atoms with Crippen LogP contribution in [0.4, 0.5) is 4.79 Å². The van der Waals surface area contributed by atoms with Crippen molar-refractivity contribution in [1.82, 2.24) is 9.80 Å². The molecule has 4 nitrogen and oxygen atoms in total. The zero-order valence-corrected chi connectivity index (χ0v) is 13.5. The number of ether oxygens (including phenoxy) is 1. The van der Waals surface area contributed by atoms with E-state index in [-0.39, 0.29) is 6.09 Å². The first-order chi connectivity index (χ1) is 9.37. The molecule has 0 aromatic heterocycles. The van der Waals surface area contributed by atoms with Crippen LogP contribution in [0.2, 0.25) is 0 Å². The summed E-state index contributed by atoms with van der Waals surface area (Å²) in [6.07, 6.45) is 7.20. The molecule has 0 radical (unpaired) electrons. The van der Waals surface area contributed by atoms with Crippen molar-refractivity contribution < 1.29 is 9.53 Å². The van der Waals surface area contributed by atoms with E-state index in [1.165, 1.54) is 38.8 Å². The lowest BCUT2D eigenvalue weighted by Crippen LogP contribution is -2.45. The third kappa shape index (κ3) is 4.11. The van der Waals surface area contributed by atoms with Crippen molar-refractivity contribution in [2.75, 3.05) is 20.1 Å². The number of rotatable bonds is 2. The average Bonchev–Trinajstić information content (AvgIpc) is 2.90. The molecule has 0 N–H and O–H groups in total. The molecule has 1 saturated carbocycles. The van der Waals surface area contributed by atoms with Gasteiger partial charge >= 0.3 is 6.09 Å². The van der Waals surface area contributed by atoms with Gasteiger partial charge in [0, 0.05) is 19.1 Å². The van der Waals surface area contributed by atoms with Crippen molar-refractivity contribution in [1.29, 1.82) is 0 Å². The number of nitrogens with zero attached hydrogens (tertiary/aromatic N) is 2. The van der Waals surface area contributed by atoms with Gasteiger partial charge in [-0.05, 0) is 72.4 Å². The third-order valence-electron chi connectivity index (χ3n) is 4.55. The minimum atomic E-state index is -0.405. The highest BCUT2D eigenvalue weighted by molar-refractivity contribution is 5.68. The number of carbonyl (C=O) groups excluding carboxylic acids is 1. The first-order valence-electron chi connectivity index (χ1n) is 8.07. The van der Waals surface area contributed by atoms with Crippen molar-refractivity contribution in [3.8, 4) is 0 Å². The van der Waals surface area contributed by atoms with Crippen LogP contribution in [0.25, 0.3) is 0 Å². The monoisotopic (exact) mass is 282 g/mol. The van der Waals surface area contributed by atoms with E-state index in [1.54, 1.807) is 0 Å². The molecule has 1 aliphatic heterocycles. The molecule has 0 aromatic carbocycles. The molecule has 20 heavy (non-hydrogen) atoms. The first kappa shape index (κ1) is 15.6. The highest BCUT2D eigenvalue weighted by Crippen LogP contribution is 2.28. The van der Waals surface area contributed by atoms with Crippen LogP contribution in [0, 0.1) is 0 Å². The lowest BCUT2D eigenvalue weighted by molar-refractivity contribution is 0.0157. The Morgan fingerprint density at radius 3 is 2.15 bits per heavy atom. The molecule has 0 spiro atoms. The molecule has 2 fully saturated rings. The summed E-state index contributed by atoms with van der Waals surface area (Å²) < 4.78 is 5.46. The second-order valence-electron chi connectivity index (χ2n) is 7.30. The van der Waals surface area contributed by atoms with Gasteiger partial charge in [-0.15, -0.1) is 0 Å². The van der Waals surface area contributed by atoms with Gasteiger partial charge in [0.15, 0.2) is 0 Å². The molecule has 2 aliphatic rings. The van der Waals surface area contributed by atoms with E-state index in [1.807, 2.05) is 32.7 Å². The zero-order valence-electron chi connectivity index (χ0n) is 13.5. The summed E-state index contributed by atoms with van der Waals surface area (Å²) in [6.45, 7) is 8.31. The third-order valence-corrected chi connectivity index (χ3v) is 4.55. The Labute approximate surface area is 123 Å². The first-order valence-corrected chi connectivity index (χ1v) is 8.07. The van der Waals surface area contributed by atoms with E-state index in [0.29, 0.717) is 6.04 Å². The minimum absolute atomic E-state index is 0.179. The summed E-state index contributed by atoms with van der Waals surface area (Å²) in [5.74, 6) is 0. The van der Waals surface area contributed by atoms with Crippen molar-refractivity contribution >= 4 is 6.09 Å². The largest absolute Gasteiger partial charge is 0.444 e. The number of hydrogen-bond donors (Lipinski definition) is 0. The normalized spacial score (nSPS) is 28.4. The van der Waals surface area contributed by atoms with E-state index in [0.717, 1.165) is 18.9 Å². The van der Waals surface area contributed by atoms with Gasteiger partial charge in [-0.3, -0.25) is 0 Å². The Morgan fingerprint density at radius 2 is 1.65 bits per heavy atom. The second kappa shape index (κ2) is 6.33. The molecule has 1 heterocycles. The highest BCUT2D eigenvalue weighted by atomic mass is 16.6. The Morgan fingerprint density at radius 1 is 1.10 bits per heavy atom. The molecule has 116 valence electrons. The van der Waals surface area contributed by atoms with Crippen LogP contribution in [-0.2, 0) is 4.74 Å².